The Morgan fingerprint density at radius 1 is 1.19 bits per heavy atom. The highest BCUT2D eigenvalue weighted by atomic mass is 16.2. The molecule has 0 saturated heterocycles. The van der Waals surface area contributed by atoms with Crippen LogP contribution in [0.1, 0.15) is 77.5 Å². The van der Waals surface area contributed by atoms with Gasteiger partial charge in [0.05, 0.1) is 0 Å². The molecule has 0 amide bonds. The molecule has 1 aliphatic carbocycles. The van der Waals surface area contributed by atoms with Gasteiger partial charge < -0.3 is 0 Å². The third-order valence-electron chi connectivity index (χ3n) is 6.68. The highest BCUT2D eigenvalue weighted by molar-refractivity contribution is 6.11. The zero-order valence-electron chi connectivity index (χ0n) is 17.2. The van der Waals surface area contributed by atoms with Gasteiger partial charge in [-0.2, -0.15) is 0 Å². The number of hydrogen-bond donors (Lipinski definition) is 1. The van der Waals surface area contributed by atoms with Crippen molar-refractivity contribution in [1.29, 1.82) is 0 Å². The fourth-order valence-corrected chi connectivity index (χ4v) is 4.87. The van der Waals surface area contributed by atoms with Crippen LogP contribution in [-0.4, -0.2) is 15.6 Å². The third-order valence-corrected chi connectivity index (χ3v) is 6.68. The number of carbonyl (C=O) groups is 1. The van der Waals surface area contributed by atoms with Crippen LogP contribution in [0, 0.1) is 32.1 Å². The average molecular weight is 354 g/mol. The molecule has 26 heavy (non-hydrogen) atoms. The number of nitrogens with zero attached hydrogens (tertiary/aromatic N) is 1. The molecular formula is C22H30N2O2. The number of H-pyrrole nitrogens is 1. The topological polar surface area (TPSA) is 54.9 Å². The van der Waals surface area contributed by atoms with Crippen molar-refractivity contribution in [3.8, 4) is 0 Å². The molecule has 1 N–H and O–H groups in total. The van der Waals surface area contributed by atoms with Crippen molar-refractivity contribution >= 4 is 5.78 Å². The summed E-state index contributed by atoms with van der Waals surface area (Å²) in [5.74, 6) is 0.754. The minimum absolute atomic E-state index is 0.160. The van der Waals surface area contributed by atoms with Gasteiger partial charge in [0.1, 0.15) is 5.56 Å². The quantitative estimate of drug-likeness (QED) is 0.822. The Balaban J connectivity index is 2.23. The van der Waals surface area contributed by atoms with Crippen LogP contribution in [0.15, 0.2) is 10.9 Å². The minimum atomic E-state index is -0.258. The standard InChI is InChI=1S/C22H30N2O2/c1-11-9-16-10-22(6,7)14(4)12(2)18(16)13(3)17(11)20(25)19-15(5)23-24(8)21(19)26/h9,12,14,23H,10H2,1-8H3. The second-order valence-corrected chi connectivity index (χ2v) is 8.81. The summed E-state index contributed by atoms with van der Waals surface area (Å²) in [6.45, 7) is 15.0. The van der Waals surface area contributed by atoms with E-state index in [1.807, 2.05) is 13.8 Å². The normalized spacial score (nSPS) is 21.5. The molecule has 2 atom stereocenters. The summed E-state index contributed by atoms with van der Waals surface area (Å²) in [5.41, 5.74) is 6.23. The lowest BCUT2D eigenvalue weighted by Gasteiger charge is -2.43. The predicted octanol–water partition coefficient (Wildman–Crippen LogP) is 4.19. The first-order valence-electron chi connectivity index (χ1n) is 9.40. The van der Waals surface area contributed by atoms with Gasteiger partial charge in [0.25, 0.3) is 5.56 Å². The molecule has 0 saturated carbocycles. The summed E-state index contributed by atoms with van der Waals surface area (Å²) >= 11 is 0. The van der Waals surface area contributed by atoms with Crippen LogP contribution in [0.25, 0.3) is 0 Å². The summed E-state index contributed by atoms with van der Waals surface area (Å²) < 4.78 is 1.37. The molecule has 1 aliphatic rings. The number of rotatable bonds is 2. The van der Waals surface area contributed by atoms with Crippen LogP contribution < -0.4 is 5.56 Å². The lowest BCUT2D eigenvalue weighted by atomic mass is 9.61. The lowest BCUT2D eigenvalue weighted by Crippen LogP contribution is -2.34. The van der Waals surface area contributed by atoms with Crippen LogP contribution in [0.5, 0.6) is 0 Å². The molecule has 2 unspecified atom stereocenters. The maximum absolute atomic E-state index is 13.3. The molecule has 0 bridgehead atoms. The molecule has 4 nitrogen and oxygen atoms in total. The first-order chi connectivity index (χ1) is 12.0. The molecule has 1 heterocycles. The van der Waals surface area contributed by atoms with Gasteiger partial charge in [-0.1, -0.05) is 33.8 Å². The van der Waals surface area contributed by atoms with Crippen LogP contribution in [-0.2, 0) is 13.5 Å². The van der Waals surface area contributed by atoms with Crippen molar-refractivity contribution in [3.05, 3.63) is 55.5 Å². The zero-order valence-corrected chi connectivity index (χ0v) is 17.2. The van der Waals surface area contributed by atoms with Gasteiger partial charge in [-0.15, -0.1) is 0 Å². The Kier molecular flexibility index (Phi) is 4.29. The first kappa shape index (κ1) is 18.7. The summed E-state index contributed by atoms with van der Waals surface area (Å²) in [4.78, 5) is 25.7. The Hall–Kier alpha value is -2.10. The second kappa shape index (κ2) is 5.97. The fourth-order valence-electron chi connectivity index (χ4n) is 4.87. The number of hydrogen-bond acceptors (Lipinski definition) is 2. The molecule has 1 aromatic carbocycles. The summed E-state index contributed by atoms with van der Waals surface area (Å²) in [6, 6.07) is 2.17. The maximum atomic E-state index is 13.3. The van der Waals surface area contributed by atoms with Crippen LogP contribution >= 0.6 is 0 Å². The number of aromatic amines is 1. The van der Waals surface area contributed by atoms with Gasteiger partial charge >= 0.3 is 0 Å². The summed E-state index contributed by atoms with van der Waals surface area (Å²) in [5, 5.41) is 2.94. The molecule has 140 valence electrons. The molecule has 0 aliphatic heterocycles. The van der Waals surface area contributed by atoms with Crippen molar-refractivity contribution in [2.24, 2.45) is 18.4 Å². The van der Waals surface area contributed by atoms with Gasteiger partial charge in [-0.05, 0) is 66.7 Å². The van der Waals surface area contributed by atoms with Gasteiger partial charge in [0.2, 0.25) is 5.78 Å². The number of aryl methyl sites for hydroxylation is 3. The fraction of sp³-hybridized carbons (Fsp3) is 0.545. The van der Waals surface area contributed by atoms with Crippen molar-refractivity contribution in [3.63, 3.8) is 0 Å². The van der Waals surface area contributed by atoms with Crippen molar-refractivity contribution in [2.45, 2.75) is 60.8 Å². The Morgan fingerprint density at radius 3 is 2.35 bits per heavy atom. The van der Waals surface area contributed by atoms with E-state index in [4.69, 9.17) is 0 Å². The SMILES string of the molecule is Cc1cc2c(c(C)c1C(=O)c1c(C)[nH]n(C)c1=O)C(C)C(C)C(C)(C)C2. The molecule has 4 heteroatoms. The number of fused-ring (bicyclic) bond motifs is 1. The second-order valence-electron chi connectivity index (χ2n) is 8.81. The van der Waals surface area contributed by atoms with E-state index in [0.717, 1.165) is 17.5 Å². The summed E-state index contributed by atoms with van der Waals surface area (Å²) in [7, 11) is 1.64. The zero-order chi connectivity index (χ0) is 19.5. The van der Waals surface area contributed by atoms with Crippen molar-refractivity contribution in [1.82, 2.24) is 9.78 Å². The number of nitrogens with one attached hydrogen (secondary N) is 1. The molecule has 0 fully saturated rings. The highest BCUT2D eigenvalue weighted by Gasteiger charge is 2.39. The molecule has 1 aromatic heterocycles. The van der Waals surface area contributed by atoms with Crippen molar-refractivity contribution in [2.75, 3.05) is 0 Å². The van der Waals surface area contributed by atoms with Crippen LogP contribution in [0.4, 0.5) is 0 Å². The molecular weight excluding hydrogens is 324 g/mol. The van der Waals surface area contributed by atoms with E-state index in [1.54, 1.807) is 14.0 Å². The maximum Gasteiger partial charge on any atom is 0.277 e. The molecule has 3 rings (SSSR count). The van der Waals surface area contributed by atoms with Gasteiger partial charge in [0.15, 0.2) is 0 Å². The minimum Gasteiger partial charge on any atom is -0.299 e. The monoisotopic (exact) mass is 354 g/mol. The first-order valence-corrected chi connectivity index (χ1v) is 9.40. The Labute approximate surface area is 155 Å². The van der Waals surface area contributed by atoms with E-state index in [-0.39, 0.29) is 22.3 Å². The highest BCUT2D eigenvalue weighted by Crippen LogP contribution is 2.48. The number of benzene rings is 1. The van der Waals surface area contributed by atoms with Crippen molar-refractivity contribution < 1.29 is 4.79 Å². The van der Waals surface area contributed by atoms with Gasteiger partial charge in [-0.3, -0.25) is 19.4 Å². The van der Waals surface area contributed by atoms with Gasteiger partial charge in [-0.25, -0.2) is 0 Å². The van der Waals surface area contributed by atoms with E-state index < -0.39 is 0 Å². The largest absolute Gasteiger partial charge is 0.299 e. The van der Waals surface area contributed by atoms with E-state index in [0.29, 0.717) is 23.1 Å². The smallest absolute Gasteiger partial charge is 0.277 e. The van der Waals surface area contributed by atoms with Gasteiger partial charge in [0, 0.05) is 18.3 Å². The van der Waals surface area contributed by atoms with E-state index in [9.17, 15) is 9.59 Å². The Bertz CT molecular complexity index is 959. The summed E-state index contributed by atoms with van der Waals surface area (Å²) in [6.07, 6.45) is 1.02. The Morgan fingerprint density at radius 2 is 1.81 bits per heavy atom. The molecule has 0 spiro atoms. The number of carbonyl (C=O) groups excluding carboxylic acids is 1. The molecule has 2 aromatic rings. The van der Waals surface area contributed by atoms with Crippen LogP contribution in [0.3, 0.4) is 0 Å². The molecule has 0 radical (unpaired) electrons. The number of aromatic nitrogens is 2. The van der Waals surface area contributed by atoms with E-state index >= 15 is 0 Å². The van der Waals surface area contributed by atoms with E-state index in [1.165, 1.54) is 15.8 Å². The predicted molar refractivity (Wildman–Crippen MR) is 105 cm³/mol. The number of ketones is 1. The lowest BCUT2D eigenvalue weighted by molar-refractivity contribution is 0.103. The van der Waals surface area contributed by atoms with Crippen LogP contribution in [0.2, 0.25) is 0 Å². The van der Waals surface area contributed by atoms with E-state index in [2.05, 4.69) is 38.9 Å². The third kappa shape index (κ3) is 2.58. The average Bonchev–Trinajstić information content (AvgIpc) is 2.76.